The fourth-order valence-electron chi connectivity index (χ4n) is 1.59. The molecule has 0 unspecified atom stereocenters. The van der Waals surface area contributed by atoms with Crippen LogP contribution in [0.2, 0.25) is 0 Å². The Kier molecular flexibility index (Phi) is 4.87. The molecule has 1 heterocycles. The maximum absolute atomic E-state index is 13.7. The molecule has 4 nitrogen and oxygen atoms in total. The van der Waals surface area contributed by atoms with Crippen molar-refractivity contribution in [3.8, 4) is 6.01 Å². The van der Waals surface area contributed by atoms with Crippen molar-refractivity contribution in [2.24, 2.45) is 0 Å². The first-order valence-electron chi connectivity index (χ1n) is 6.68. The molecule has 5 heteroatoms. The van der Waals surface area contributed by atoms with E-state index in [0.717, 1.165) is 30.3 Å². The third kappa shape index (κ3) is 3.91. The number of anilines is 2. The lowest BCUT2D eigenvalue weighted by Gasteiger charge is -2.09. The Bertz CT molecular complexity index is 558. The summed E-state index contributed by atoms with van der Waals surface area (Å²) in [6.45, 7) is 4.60. The molecule has 0 atom stereocenters. The Morgan fingerprint density at radius 1 is 1.25 bits per heavy atom. The fourth-order valence-corrected chi connectivity index (χ4v) is 1.59. The summed E-state index contributed by atoms with van der Waals surface area (Å²) in [4.78, 5) is 7.86. The second kappa shape index (κ2) is 6.84. The maximum Gasteiger partial charge on any atom is 0.318 e. The number of aryl methyl sites for hydroxylation is 1. The summed E-state index contributed by atoms with van der Waals surface area (Å²) >= 11 is 0. The first kappa shape index (κ1) is 14.2. The minimum atomic E-state index is -0.506. The predicted octanol–water partition coefficient (Wildman–Crippen LogP) is 3.85. The Hall–Kier alpha value is -2.17. The summed E-state index contributed by atoms with van der Waals surface area (Å²) in [7, 11) is 0. The SMILES string of the molecule is CCCCOc1ncc(F)c(Nc2ccc(C)cc2)n1. The van der Waals surface area contributed by atoms with Crippen LogP contribution in [0.25, 0.3) is 0 Å². The summed E-state index contributed by atoms with van der Waals surface area (Å²) in [6.07, 6.45) is 3.06. The first-order valence-corrected chi connectivity index (χ1v) is 6.68. The summed E-state index contributed by atoms with van der Waals surface area (Å²) in [5.74, 6) is -0.385. The van der Waals surface area contributed by atoms with Crippen molar-refractivity contribution < 1.29 is 9.13 Å². The van der Waals surface area contributed by atoms with Crippen molar-refractivity contribution in [2.45, 2.75) is 26.7 Å². The Morgan fingerprint density at radius 3 is 2.70 bits per heavy atom. The van der Waals surface area contributed by atoms with Crippen molar-refractivity contribution in [3.05, 3.63) is 41.8 Å². The van der Waals surface area contributed by atoms with Gasteiger partial charge in [-0.1, -0.05) is 31.0 Å². The molecule has 1 N–H and O–H groups in total. The van der Waals surface area contributed by atoms with Gasteiger partial charge < -0.3 is 10.1 Å². The Balaban J connectivity index is 2.09. The number of halogens is 1. The Labute approximate surface area is 118 Å². The van der Waals surface area contributed by atoms with E-state index >= 15 is 0 Å². The molecular formula is C15H18FN3O. The zero-order valence-corrected chi connectivity index (χ0v) is 11.7. The largest absolute Gasteiger partial charge is 0.463 e. The molecule has 0 spiro atoms. The smallest absolute Gasteiger partial charge is 0.318 e. The van der Waals surface area contributed by atoms with Crippen LogP contribution in [0.4, 0.5) is 15.9 Å². The molecule has 0 aliphatic heterocycles. The topological polar surface area (TPSA) is 47.0 Å². The second-order valence-electron chi connectivity index (χ2n) is 4.54. The fraction of sp³-hybridized carbons (Fsp3) is 0.333. The van der Waals surface area contributed by atoms with Gasteiger partial charge in [0.25, 0.3) is 0 Å². The number of nitrogens with zero attached hydrogens (tertiary/aromatic N) is 2. The zero-order chi connectivity index (χ0) is 14.4. The van der Waals surface area contributed by atoms with Gasteiger partial charge in [-0.3, -0.25) is 0 Å². The molecule has 0 amide bonds. The quantitative estimate of drug-likeness (QED) is 0.813. The number of aromatic nitrogens is 2. The van der Waals surface area contributed by atoms with E-state index in [0.29, 0.717) is 6.61 Å². The third-order valence-corrected chi connectivity index (χ3v) is 2.77. The highest BCUT2D eigenvalue weighted by atomic mass is 19.1. The van der Waals surface area contributed by atoms with Crippen LogP contribution in [0.1, 0.15) is 25.3 Å². The average molecular weight is 275 g/mol. The van der Waals surface area contributed by atoms with E-state index in [2.05, 4.69) is 22.2 Å². The summed E-state index contributed by atoms with van der Waals surface area (Å²) < 4.78 is 19.0. The highest BCUT2D eigenvalue weighted by molar-refractivity contribution is 5.56. The first-order chi connectivity index (χ1) is 9.69. The van der Waals surface area contributed by atoms with E-state index in [1.807, 2.05) is 31.2 Å². The van der Waals surface area contributed by atoms with E-state index < -0.39 is 5.82 Å². The van der Waals surface area contributed by atoms with E-state index in [4.69, 9.17) is 4.74 Å². The average Bonchev–Trinajstić information content (AvgIpc) is 2.45. The van der Waals surface area contributed by atoms with Gasteiger partial charge in [0.05, 0.1) is 12.8 Å². The molecule has 0 aliphatic rings. The monoisotopic (exact) mass is 275 g/mol. The lowest BCUT2D eigenvalue weighted by molar-refractivity contribution is 0.284. The van der Waals surface area contributed by atoms with Crippen LogP contribution < -0.4 is 10.1 Å². The predicted molar refractivity (Wildman–Crippen MR) is 76.9 cm³/mol. The number of rotatable bonds is 6. The van der Waals surface area contributed by atoms with Crippen LogP contribution in [-0.2, 0) is 0 Å². The molecule has 20 heavy (non-hydrogen) atoms. The van der Waals surface area contributed by atoms with Gasteiger partial charge >= 0.3 is 6.01 Å². The van der Waals surface area contributed by atoms with Crippen LogP contribution in [0, 0.1) is 12.7 Å². The van der Waals surface area contributed by atoms with E-state index in [-0.39, 0.29) is 11.8 Å². The number of hydrogen-bond acceptors (Lipinski definition) is 4. The molecule has 0 radical (unpaired) electrons. The van der Waals surface area contributed by atoms with Gasteiger partial charge in [0.2, 0.25) is 0 Å². The molecule has 1 aromatic heterocycles. The molecular weight excluding hydrogens is 257 g/mol. The van der Waals surface area contributed by atoms with Gasteiger partial charge in [0.15, 0.2) is 11.6 Å². The number of unbranched alkanes of at least 4 members (excludes halogenated alkanes) is 1. The maximum atomic E-state index is 13.7. The second-order valence-corrected chi connectivity index (χ2v) is 4.54. The molecule has 1 aromatic carbocycles. The zero-order valence-electron chi connectivity index (χ0n) is 11.7. The minimum absolute atomic E-state index is 0.121. The van der Waals surface area contributed by atoms with Gasteiger partial charge in [-0.15, -0.1) is 0 Å². The normalized spacial score (nSPS) is 10.3. The van der Waals surface area contributed by atoms with Crippen molar-refractivity contribution in [3.63, 3.8) is 0 Å². The highest BCUT2D eigenvalue weighted by Gasteiger charge is 2.08. The van der Waals surface area contributed by atoms with E-state index in [9.17, 15) is 4.39 Å². The summed E-state index contributed by atoms with van der Waals surface area (Å²) in [6, 6.07) is 7.82. The van der Waals surface area contributed by atoms with E-state index in [1.54, 1.807) is 0 Å². The van der Waals surface area contributed by atoms with E-state index in [1.165, 1.54) is 0 Å². The van der Waals surface area contributed by atoms with Gasteiger partial charge in [-0.25, -0.2) is 9.37 Å². The number of hydrogen-bond donors (Lipinski definition) is 1. The molecule has 0 saturated carbocycles. The Morgan fingerprint density at radius 2 is 2.00 bits per heavy atom. The summed E-state index contributed by atoms with van der Waals surface area (Å²) in [5.41, 5.74) is 1.91. The van der Waals surface area contributed by atoms with Crippen LogP contribution in [0.15, 0.2) is 30.5 Å². The van der Waals surface area contributed by atoms with Gasteiger partial charge in [0.1, 0.15) is 0 Å². The molecule has 2 aromatic rings. The number of benzene rings is 1. The van der Waals surface area contributed by atoms with Crippen LogP contribution in [0.5, 0.6) is 6.01 Å². The van der Waals surface area contributed by atoms with Gasteiger partial charge in [-0.2, -0.15) is 4.98 Å². The van der Waals surface area contributed by atoms with Crippen molar-refractivity contribution in [2.75, 3.05) is 11.9 Å². The molecule has 106 valence electrons. The molecule has 0 aliphatic carbocycles. The third-order valence-electron chi connectivity index (χ3n) is 2.77. The minimum Gasteiger partial charge on any atom is -0.463 e. The summed E-state index contributed by atoms with van der Waals surface area (Å²) in [5, 5.41) is 2.92. The highest BCUT2D eigenvalue weighted by Crippen LogP contribution is 2.19. The standard InChI is InChI=1S/C15H18FN3O/c1-3-4-9-20-15-17-10-13(16)14(19-15)18-12-7-5-11(2)6-8-12/h5-8,10H,3-4,9H2,1-2H3,(H,17,18,19). The van der Waals surface area contributed by atoms with Crippen LogP contribution in [0.3, 0.4) is 0 Å². The van der Waals surface area contributed by atoms with Crippen LogP contribution in [-0.4, -0.2) is 16.6 Å². The molecule has 0 fully saturated rings. The van der Waals surface area contributed by atoms with Gasteiger partial charge in [-0.05, 0) is 25.5 Å². The van der Waals surface area contributed by atoms with Crippen LogP contribution >= 0.6 is 0 Å². The molecule has 2 rings (SSSR count). The van der Waals surface area contributed by atoms with Crippen molar-refractivity contribution >= 4 is 11.5 Å². The lowest BCUT2D eigenvalue weighted by atomic mass is 10.2. The lowest BCUT2D eigenvalue weighted by Crippen LogP contribution is -2.04. The molecule has 0 saturated heterocycles. The van der Waals surface area contributed by atoms with Crippen molar-refractivity contribution in [1.82, 2.24) is 9.97 Å². The van der Waals surface area contributed by atoms with Crippen molar-refractivity contribution in [1.29, 1.82) is 0 Å². The molecule has 0 bridgehead atoms. The number of ether oxygens (including phenoxy) is 1. The van der Waals surface area contributed by atoms with Gasteiger partial charge in [0, 0.05) is 5.69 Å². The number of nitrogens with one attached hydrogen (secondary N) is 1.